The minimum atomic E-state index is -4.43. The largest absolute Gasteiger partial charge is 0.407 e. The first kappa shape index (κ1) is 10.9. The van der Waals surface area contributed by atoms with Crippen molar-refractivity contribution in [1.29, 1.82) is 0 Å². The van der Waals surface area contributed by atoms with Gasteiger partial charge in [0.05, 0.1) is 5.52 Å². The first-order valence-corrected chi connectivity index (χ1v) is 4.65. The molecule has 0 spiro atoms. The van der Waals surface area contributed by atoms with Gasteiger partial charge in [-0.25, -0.2) is 0 Å². The van der Waals surface area contributed by atoms with E-state index in [0.29, 0.717) is 5.52 Å². The predicted octanol–water partition coefficient (Wildman–Crippen LogP) is 2.80. The number of pyridine rings is 1. The summed E-state index contributed by atoms with van der Waals surface area (Å²) in [7, 11) is 0. The third-order valence-electron chi connectivity index (χ3n) is 2.34. The highest BCUT2D eigenvalue weighted by Gasteiger charge is 2.37. The highest BCUT2D eigenvalue weighted by molar-refractivity contribution is 5.79. The third kappa shape index (κ3) is 1.99. The SMILES string of the molecule is N[C@@H](c1ccc2cccnc2c1)C(F)(F)F. The Morgan fingerprint density at radius 1 is 1.19 bits per heavy atom. The second-order valence-electron chi connectivity index (χ2n) is 3.47. The molecule has 84 valence electrons. The van der Waals surface area contributed by atoms with Crippen molar-refractivity contribution in [3.05, 3.63) is 42.1 Å². The molecular weight excluding hydrogens is 217 g/mol. The number of alkyl halides is 3. The fourth-order valence-electron chi connectivity index (χ4n) is 1.47. The van der Waals surface area contributed by atoms with Crippen molar-refractivity contribution in [1.82, 2.24) is 4.98 Å². The fourth-order valence-corrected chi connectivity index (χ4v) is 1.47. The van der Waals surface area contributed by atoms with Gasteiger partial charge in [0.25, 0.3) is 0 Å². The Hall–Kier alpha value is -1.62. The molecule has 0 aliphatic carbocycles. The minimum Gasteiger partial charge on any atom is -0.316 e. The average molecular weight is 226 g/mol. The molecule has 0 bridgehead atoms. The van der Waals surface area contributed by atoms with E-state index in [1.165, 1.54) is 18.3 Å². The third-order valence-corrected chi connectivity index (χ3v) is 2.34. The lowest BCUT2D eigenvalue weighted by Gasteiger charge is -2.15. The van der Waals surface area contributed by atoms with Crippen molar-refractivity contribution in [3.8, 4) is 0 Å². The number of nitrogens with zero attached hydrogens (tertiary/aromatic N) is 1. The van der Waals surface area contributed by atoms with Crippen LogP contribution < -0.4 is 5.73 Å². The number of hydrogen-bond acceptors (Lipinski definition) is 2. The Morgan fingerprint density at radius 3 is 2.62 bits per heavy atom. The Bertz CT molecular complexity index is 508. The number of benzene rings is 1. The lowest BCUT2D eigenvalue weighted by atomic mass is 10.1. The predicted molar refractivity (Wildman–Crippen MR) is 54.7 cm³/mol. The summed E-state index contributed by atoms with van der Waals surface area (Å²) in [6.07, 6.45) is -2.90. The summed E-state index contributed by atoms with van der Waals surface area (Å²) in [5.41, 5.74) is 5.65. The topological polar surface area (TPSA) is 38.9 Å². The van der Waals surface area contributed by atoms with E-state index < -0.39 is 12.2 Å². The van der Waals surface area contributed by atoms with Gasteiger partial charge in [-0.15, -0.1) is 0 Å². The highest BCUT2D eigenvalue weighted by atomic mass is 19.4. The molecule has 0 aliphatic rings. The van der Waals surface area contributed by atoms with Gasteiger partial charge in [-0.3, -0.25) is 4.98 Å². The lowest BCUT2D eigenvalue weighted by Crippen LogP contribution is -2.28. The number of aromatic nitrogens is 1. The van der Waals surface area contributed by atoms with Gasteiger partial charge in [0.2, 0.25) is 0 Å². The number of rotatable bonds is 1. The zero-order valence-electron chi connectivity index (χ0n) is 8.20. The van der Waals surface area contributed by atoms with Crippen LogP contribution in [0, 0.1) is 0 Å². The average Bonchev–Trinajstić information content (AvgIpc) is 2.26. The highest BCUT2D eigenvalue weighted by Crippen LogP contribution is 2.31. The van der Waals surface area contributed by atoms with Crippen LogP contribution in [0.2, 0.25) is 0 Å². The maximum atomic E-state index is 12.4. The Morgan fingerprint density at radius 2 is 1.94 bits per heavy atom. The van der Waals surface area contributed by atoms with Crippen molar-refractivity contribution >= 4 is 10.9 Å². The molecule has 1 heterocycles. The second-order valence-corrected chi connectivity index (χ2v) is 3.47. The normalized spacial score (nSPS) is 14.0. The van der Waals surface area contributed by atoms with Crippen LogP contribution in [-0.2, 0) is 0 Å². The van der Waals surface area contributed by atoms with E-state index in [-0.39, 0.29) is 5.56 Å². The zero-order valence-corrected chi connectivity index (χ0v) is 8.20. The van der Waals surface area contributed by atoms with E-state index in [2.05, 4.69) is 4.98 Å². The molecular formula is C11H9F3N2. The van der Waals surface area contributed by atoms with Gasteiger partial charge in [0.15, 0.2) is 0 Å². The van der Waals surface area contributed by atoms with Crippen LogP contribution in [0.4, 0.5) is 13.2 Å². The van der Waals surface area contributed by atoms with E-state index in [9.17, 15) is 13.2 Å². The first-order chi connectivity index (χ1) is 7.48. The van der Waals surface area contributed by atoms with Crippen LogP contribution in [0.25, 0.3) is 10.9 Å². The van der Waals surface area contributed by atoms with Crippen LogP contribution in [-0.4, -0.2) is 11.2 Å². The maximum Gasteiger partial charge on any atom is 0.407 e. The molecule has 0 saturated heterocycles. The van der Waals surface area contributed by atoms with Gasteiger partial charge in [-0.1, -0.05) is 18.2 Å². The second kappa shape index (κ2) is 3.75. The van der Waals surface area contributed by atoms with Gasteiger partial charge in [-0.2, -0.15) is 13.2 Å². The molecule has 2 N–H and O–H groups in total. The number of hydrogen-bond donors (Lipinski definition) is 1. The molecule has 2 nitrogen and oxygen atoms in total. The van der Waals surface area contributed by atoms with Crippen LogP contribution in [0.5, 0.6) is 0 Å². The summed E-state index contributed by atoms with van der Waals surface area (Å²) in [6.45, 7) is 0. The summed E-state index contributed by atoms with van der Waals surface area (Å²) >= 11 is 0. The minimum absolute atomic E-state index is 0.0266. The van der Waals surface area contributed by atoms with Gasteiger partial charge in [0.1, 0.15) is 6.04 Å². The van der Waals surface area contributed by atoms with Crippen molar-refractivity contribution in [2.45, 2.75) is 12.2 Å². The van der Waals surface area contributed by atoms with Crippen molar-refractivity contribution < 1.29 is 13.2 Å². The van der Waals surface area contributed by atoms with Gasteiger partial charge < -0.3 is 5.73 Å². The Labute approximate surface area is 89.9 Å². The molecule has 2 aromatic rings. The molecule has 1 aromatic carbocycles. The molecule has 0 amide bonds. The number of fused-ring (bicyclic) bond motifs is 1. The monoisotopic (exact) mass is 226 g/mol. The van der Waals surface area contributed by atoms with Crippen molar-refractivity contribution in [3.63, 3.8) is 0 Å². The van der Waals surface area contributed by atoms with Gasteiger partial charge in [-0.05, 0) is 17.7 Å². The van der Waals surface area contributed by atoms with Crippen LogP contribution >= 0.6 is 0 Å². The standard InChI is InChI=1S/C11H9F3N2/c12-11(13,14)10(15)8-4-3-7-2-1-5-16-9(7)6-8/h1-6,10H,15H2/t10-/m0/s1. The molecule has 2 rings (SSSR count). The summed E-state index contributed by atoms with van der Waals surface area (Å²) in [6, 6.07) is 5.88. The first-order valence-electron chi connectivity index (χ1n) is 4.65. The zero-order chi connectivity index (χ0) is 11.8. The molecule has 1 atom stereocenters. The summed E-state index contributed by atoms with van der Waals surface area (Å²) in [4.78, 5) is 3.98. The lowest BCUT2D eigenvalue weighted by molar-refractivity contribution is -0.149. The molecule has 0 radical (unpaired) electrons. The van der Waals surface area contributed by atoms with Gasteiger partial charge >= 0.3 is 6.18 Å². The molecule has 5 heteroatoms. The summed E-state index contributed by atoms with van der Waals surface area (Å²) in [5.74, 6) is 0. The van der Waals surface area contributed by atoms with E-state index >= 15 is 0 Å². The molecule has 16 heavy (non-hydrogen) atoms. The molecule has 1 aromatic heterocycles. The van der Waals surface area contributed by atoms with E-state index in [0.717, 1.165) is 5.39 Å². The quantitative estimate of drug-likeness (QED) is 0.812. The van der Waals surface area contributed by atoms with E-state index in [1.807, 2.05) is 0 Å². The number of halogens is 3. The molecule has 0 unspecified atom stereocenters. The van der Waals surface area contributed by atoms with Gasteiger partial charge in [0, 0.05) is 11.6 Å². The van der Waals surface area contributed by atoms with Crippen molar-refractivity contribution in [2.75, 3.05) is 0 Å². The smallest absolute Gasteiger partial charge is 0.316 e. The van der Waals surface area contributed by atoms with Crippen LogP contribution in [0.1, 0.15) is 11.6 Å². The van der Waals surface area contributed by atoms with Crippen LogP contribution in [0.15, 0.2) is 36.5 Å². The van der Waals surface area contributed by atoms with E-state index in [4.69, 9.17) is 5.73 Å². The maximum absolute atomic E-state index is 12.4. The summed E-state index contributed by atoms with van der Waals surface area (Å²) in [5, 5.41) is 0.792. The molecule has 0 aliphatic heterocycles. The number of nitrogens with two attached hydrogens (primary N) is 1. The Kier molecular flexibility index (Phi) is 2.55. The Balaban J connectivity index is 2.47. The van der Waals surface area contributed by atoms with Crippen LogP contribution in [0.3, 0.4) is 0 Å². The molecule has 0 saturated carbocycles. The fraction of sp³-hybridized carbons (Fsp3) is 0.182. The van der Waals surface area contributed by atoms with E-state index in [1.54, 1.807) is 18.2 Å². The van der Waals surface area contributed by atoms with Crippen molar-refractivity contribution in [2.24, 2.45) is 5.73 Å². The molecule has 0 fully saturated rings. The summed E-state index contributed by atoms with van der Waals surface area (Å²) < 4.78 is 37.2.